The fourth-order valence-corrected chi connectivity index (χ4v) is 3.76. The summed E-state index contributed by atoms with van der Waals surface area (Å²) in [6.07, 6.45) is 0. The number of esters is 2. The fourth-order valence-electron chi connectivity index (χ4n) is 2.87. The summed E-state index contributed by atoms with van der Waals surface area (Å²) in [5, 5.41) is 13.4. The van der Waals surface area contributed by atoms with Crippen LogP contribution in [0.25, 0.3) is 0 Å². The highest BCUT2D eigenvalue weighted by Gasteiger charge is 2.35. The number of benzene rings is 1. The SMILES string of the molecule is CCOC(=O)CSC1=C(C#N)C(c2ccc(OC)cc2)C(C(=O)OC)=C(C)N1. The molecule has 1 aromatic carbocycles. The van der Waals surface area contributed by atoms with Crippen LogP contribution in [-0.2, 0) is 19.1 Å². The first-order valence-electron chi connectivity index (χ1n) is 8.59. The molecule has 8 heteroatoms. The van der Waals surface area contributed by atoms with Crippen LogP contribution in [0.5, 0.6) is 5.75 Å². The van der Waals surface area contributed by atoms with Gasteiger partial charge in [-0.3, -0.25) is 4.79 Å². The molecule has 7 nitrogen and oxygen atoms in total. The Morgan fingerprint density at radius 2 is 1.93 bits per heavy atom. The molecule has 0 bridgehead atoms. The number of nitrogens with one attached hydrogen (secondary N) is 1. The fraction of sp³-hybridized carbons (Fsp3) is 0.350. The van der Waals surface area contributed by atoms with Crippen LogP contribution in [-0.4, -0.2) is 38.5 Å². The molecule has 0 aromatic heterocycles. The Kier molecular flexibility index (Phi) is 7.52. The van der Waals surface area contributed by atoms with Gasteiger partial charge in [0.15, 0.2) is 0 Å². The highest BCUT2D eigenvalue weighted by Crippen LogP contribution is 2.41. The number of nitriles is 1. The number of dihydropyridines is 1. The molecule has 1 heterocycles. The van der Waals surface area contributed by atoms with E-state index >= 15 is 0 Å². The summed E-state index contributed by atoms with van der Waals surface area (Å²) in [6, 6.07) is 9.32. The van der Waals surface area contributed by atoms with Crippen LogP contribution in [0.3, 0.4) is 0 Å². The highest BCUT2D eigenvalue weighted by molar-refractivity contribution is 8.03. The van der Waals surface area contributed by atoms with Gasteiger partial charge in [-0.2, -0.15) is 5.26 Å². The first kappa shape index (κ1) is 21.4. The van der Waals surface area contributed by atoms with Gasteiger partial charge in [-0.25, -0.2) is 4.79 Å². The van der Waals surface area contributed by atoms with Crippen molar-refractivity contribution in [1.29, 1.82) is 5.26 Å². The van der Waals surface area contributed by atoms with Crippen molar-refractivity contribution in [2.24, 2.45) is 0 Å². The van der Waals surface area contributed by atoms with Gasteiger partial charge in [0.1, 0.15) is 5.75 Å². The molecule has 2 rings (SSSR count). The van der Waals surface area contributed by atoms with Gasteiger partial charge < -0.3 is 19.5 Å². The number of carbonyl (C=O) groups excluding carboxylic acids is 2. The molecule has 0 radical (unpaired) electrons. The molecule has 1 N–H and O–H groups in total. The third-order valence-corrected chi connectivity index (χ3v) is 5.13. The second kappa shape index (κ2) is 9.85. The third-order valence-electron chi connectivity index (χ3n) is 4.14. The summed E-state index contributed by atoms with van der Waals surface area (Å²) in [7, 11) is 2.86. The van der Waals surface area contributed by atoms with E-state index in [2.05, 4.69) is 11.4 Å². The maximum absolute atomic E-state index is 12.4. The molecule has 1 aromatic rings. The van der Waals surface area contributed by atoms with Crippen molar-refractivity contribution in [1.82, 2.24) is 5.32 Å². The van der Waals surface area contributed by atoms with Crippen LogP contribution >= 0.6 is 11.8 Å². The average Bonchev–Trinajstić information content (AvgIpc) is 2.71. The first-order valence-corrected chi connectivity index (χ1v) is 9.58. The van der Waals surface area contributed by atoms with E-state index in [1.165, 1.54) is 18.9 Å². The molecule has 1 aliphatic rings. The lowest BCUT2D eigenvalue weighted by Crippen LogP contribution is -2.28. The van der Waals surface area contributed by atoms with E-state index in [9.17, 15) is 14.9 Å². The molecule has 0 spiro atoms. The number of rotatable bonds is 7. The van der Waals surface area contributed by atoms with Crippen LogP contribution in [0, 0.1) is 11.3 Å². The second-order valence-electron chi connectivity index (χ2n) is 5.81. The summed E-state index contributed by atoms with van der Waals surface area (Å²) in [5.74, 6) is -0.794. The normalized spacial score (nSPS) is 16.2. The Hall–Kier alpha value is -2.92. The Balaban J connectivity index is 2.49. The van der Waals surface area contributed by atoms with Crippen LogP contribution in [0.1, 0.15) is 25.3 Å². The van der Waals surface area contributed by atoms with Crippen LogP contribution in [0.2, 0.25) is 0 Å². The maximum Gasteiger partial charge on any atom is 0.336 e. The Morgan fingerprint density at radius 3 is 2.46 bits per heavy atom. The van der Waals surface area contributed by atoms with Gasteiger partial charge in [0.05, 0.1) is 54.7 Å². The molecular formula is C20H22N2O5S. The van der Waals surface area contributed by atoms with Gasteiger partial charge in [-0.15, -0.1) is 0 Å². The number of carbonyl (C=O) groups is 2. The van der Waals surface area contributed by atoms with Crippen molar-refractivity contribution in [3.8, 4) is 11.8 Å². The highest BCUT2D eigenvalue weighted by atomic mass is 32.2. The van der Waals surface area contributed by atoms with Gasteiger partial charge >= 0.3 is 11.9 Å². The van der Waals surface area contributed by atoms with E-state index in [1.807, 2.05) is 0 Å². The summed E-state index contributed by atoms with van der Waals surface area (Å²) < 4.78 is 15.1. The summed E-state index contributed by atoms with van der Waals surface area (Å²) in [5.41, 5.74) is 2.00. The van der Waals surface area contributed by atoms with Crippen molar-refractivity contribution >= 4 is 23.7 Å². The first-order chi connectivity index (χ1) is 13.5. The van der Waals surface area contributed by atoms with Gasteiger partial charge in [0.2, 0.25) is 0 Å². The quantitative estimate of drug-likeness (QED) is 0.696. The lowest BCUT2D eigenvalue weighted by molar-refractivity contribution is -0.140. The van der Waals surface area contributed by atoms with E-state index < -0.39 is 11.9 Å². The second-order valence-corrected chi connectivity index (χ2v) is 6.80. The van der Waals surface area contributed by atoms with Crippen LogP contribution < -0.4 is 10.1 Å². The molecule has 0 fully saturated rings. The van der Waals surface area contributed by atoms with Gasteiger partial charge in [0, 0.05) is 5.70 Å². The lowest BCUT2D eigenvalue weighted by atomic mass is 9.82. The maximum atomic E-state index is 12.4. The predicted molar refractivity (Wildman–Crippen MR) is 105 cm³/mol. The zero-order valence-electron chi connectivity index (χ0n) is 16.2. The molecule has 0 saturated carbocycles. The van der Waals surface area contributed by atoms with Gasteiger partial charge in [0.25, 0.3) is 0 Å². The number of nitrogens with zero attached hydrogens (tertiary/aromatic N) is 1. The minimum absolute atomic E-state index is 0.0531. The van der Waals surface area contributed by atoms with E-state index in [0.29, 0.717) is 27.6 Å². The number of thioether (sulfide) groups is 1. The smallest absolute Gasteiger partial charge is 0.336 e. The molecule has 1 aliphatic heterocycles. The van der Waals surface area contributed by atoms with Gasteiger partial charge in [-0.05, 0) is 31.5 Å². The summed E-state index contributed by atoms with van der Waals surface area (Å²) in [4.78, 5) is 24.2. The van der Waals surface area contributed by atoms with Crippen molar-refractivity contribution in [2.45, 2.75) is 19.8 Å². The molecular weight excluding hydrogens is 380 g/mol. The zero-order chi connectivity index (χ0) is 20.7. The van der Waals surface area contributed by atoms with Crippen LogP contribution in [0.15, 0.2) is 46.1 Å². The molecule has 1 atom stereocenters. The molecule has 28 heavy (non-hydrogen) atoms. The number of hydrogen-bond donors (Lipinski definition) is 1. The Morgan fingerprint density at radius 1 is 1.25 bits per heavy atom. The largest absolute Gasteiger partial charge is 0.497 e. The molecule has 148 valence electrons. The molecule has 0 amide bonds. The number of methoxy groups -OCH3 is 2. The Labute approximate surface area is 168 Å². The van der Waals surface area contributed by atoms with E-state index in [4.69, 9.17) is 14.2 Å². The standard InChI is InChI=1S/C20H22N2O5S/c1-5-27-16(23)11-28-19-15(10-21)18(13-6-8-14(25-3)9-7-13)17(12(2)22-19)20(24)26-4/h6-9,18,22H,5,11H2,1-4H3. The number of ether oxygens (including phenoxy) is 3. The molecule has 0 aliphatic carbocycles. The van der Waals surface area contributed by atoms with E-state index in [-0.39, 0.29) is 18.3 Å². The van der Waals surface area contributed by atoms with E-state index in [0.717, 1.165) is 5.56 Å². The Bertz CT molecular complexity index is 852. The number of allylic oxidation sites excluding steroid dienone is 2. The minimum Gasteiger partial charge on any atom is -0.497 e. The zero-order valence-corrected chi connectivity index (χ0v) is 17.0. The molecule has 0 saturated heterocycles. The number of hydrogen-bond acceptors (Lipinski definition) is 8. The predicted octanol–water partition coefficient (Wildman–Crippen LogP) is 2.86. The summed E-state index contributed by atoms with van der Waals surface area (Å²) in [6.45, 7) is 3.76. The average molecular weight is 402 g/mol. The van der Waals surface area contributed by atoms with Crippen molar-refractivity contribution in [3.63, 3.8) is 0 Å². The minimum atomic E-state index is -0.616. The van der Waals surface area contributed by atoms with Crippen molar-refractivity contribution < 1.29 is 23.8 Å². The van der Waals surface area contributed by atoms with Crippen molar-refractivity contribution in [2.75, 3.05) is 26.6 Å². The van der Waals surface area contributed by atoms with Crippen molar-refractivity contribution in [3.05, 3.63) is 51.7 Å². The lowest BCUT2D eigenvalue weighted by Gasteiger charge is -2.29. The van der Waals surface area contributed by atoms with Crippen LogP contribution in [0.4, 0.5) is 0 Å². The monoisotopic (exact) mass is 402 g/mol. The third kappa shape index (κ3) is 4.67. The topological polar surface area (TPSA) is 97.7 Å². The molecule has 1 unspecified atom stereocenters. The van der Waals surface area contributed by atoms with Gasteiger partial charge in [-0.1, -0.05) is 23.9 Å². The summed E-state index contributed by atoms with van der Waals surface area (Å²) >= 11 is 1.17. The van der Waals surface area contributed by atoms with E-state index in [1.54, 1.807) is 45.2 Å².